The molecule has 0 saturated heterocycles. The highest BCUT2D eigenvalue weighted by atomic mass is 35.5. The van der Waals surface area contributed by atoms with Gasteiger partial charge in [0.15, 0.2) is 5.76 Å². The Bertz CT molecular complexity index is 691. The number of hydrogen-bond acceptors (Lipinski definition) is 4. The van der Waals surface area contributed by atoms with Gasteiger partial charge in [-0.3, -0.25) is 14.9 Å². The lowest BCUT2D eigenvalue weighted by molar-refractivity contribution is -0.402. The van der Waals surface area contributed by atoms with Crippen molar-refractivity contribution in [2.75, 3.05) is 0 Å². The van der Waals surface area contributed by atoms with E-state index in [-0.39, 0.29) is 5.76 Å². The minimum absolute atomic E-state index is 0.0639. The largest absolute Gasteiger partial charge is 0.434 e. The summed E-state index contributed by atoms with van der Waals surface area (Å²) < 4.78 is 4.80. The van der Waals surface area contributed by atoms with Crippen LogP contribution in [0.4, 0.5) is 5.88 Å². The predicted molar refractivity (Wildman–Crippen MR) is 68.0 cm³/mol. The number of benzene rings is 1. The van der Waals surface area contributed by atoms with Crippen LogP contribution in [0, 0.1) is 22.0 Å². The molecule has 0 fully saturated rings. The number of carbonyl (C=O) groups is 1. The van der Waals surface area contributed by atoms with Gasteiger partial charge in [-0.1, -0.05) is 11.6 Å². The van der Waals surface area contributed by atoms with Gasteiger partial charge < -0.3 is 4.42 Å². The summed E-state index contributed by atoms with van der Waals surface area (Å²) in [6.45, 7) is 0. The number of nitro groups is 1. The van der Waals surface area contributed by atoms with Crippen LogP contribution in [0.3, 0.4) is 0 Å². The minimum atomic E-state index is -0.674. The first-order valence-electron chi connectivity index (χ1n) is 5.12. The smallest absolute Gasteiger partial charge is 0.392 e. The Morgan fingerprint density at radius 2 is 1.89 bits per heavy atom. The van der Waals surface area contributed by atoms with Gasteiger partial charge in [0, 0.05) is 16.7 Å². The van der Waals surface area contributed by atoms with Crippen molar-refractivity contribution >= 4 is 23.3 Å². The zero-order valence-electron chi connectivity index (χ0n) is 9.42. The number of furan rings is 1. The highest BCUT2D eigenvalue weighted by molar-refractivity contribution is 6.30. The zero-order valence-corrected chi connectivity index (χ0v) is 10.2. The van der Waals surface area contributed by atoms with Gasteiger partial charge in [-0.2, -0.15) is 0 Å². The molecular weight excluding hydrogens is 270 g/mol. The van der Waals surface area contributed by atoms with Crippen molar-refractivity contribution in [1.29, 1.82) is 0 Å². The number of nitrogens with zero attached hydrogens (tertiary/aromatic N) is 1. The maximum atomic E-state index is 11.7. The standard InChI is InChI=1S/C13H6ClNO4/c14-10-3-1-9(2-4-10)12(16)7-5-11-6-8-13(19-11)15(17)18/h1-4,6,8H. The monoisotopic (exact) mass is 275 g/mol. The molecule has 0 unspecified atom stereocenters. The molecule has 0 saturated carbocycles. The Kier molecular flexibility index (Phi) is 3.64. The van der Waals surface area contributed by atoms with E-state index in [1.807, 2.05) is 0 Å². The summed E-state index contributed by atoms with van der Waals surface area (Å²) in [5.74, 6) is 4.00. The zero-order chi connectivity index (χ0) is 13.8. The number of carbonyl (C=O) groups excluding carboxylic acids is 1. The molecule has 0 amide bonds. The maximum absolute atomic E-state index is 11.7. The summed E-state index contributed by atoms with van der Waals surface area (Å²) in [6.07, 6.45) is 0. The molecule has 0 N–H and O–H groups in total. The van der Waals surface area contributed by atoms with Gasteiger partial charge in [0.1, 0.15) is 4.92 Å². The molecule has 0 aliphatic rings. The molecular formula is C13H6ClNO4. The first kappa shape index (κ1) is 12.9. The highest BCUT2D eigenvalue weighted by Crippen LogP contribution is 2.14. The van der Waals surface area contributed by atoms with Crippen LogP contribution in [0.1, 0.15) is 16.1 Å². The molecule has 0 aliphatic carbocycles. The summed E-state index contributed by atoms with van der Waals surface area (Å²) in [5, 5.41) is 10.9. The summed E-state index contributed by atoms with van der Waals surface area (Å²) in [6, 6.07) is 8.76. The first-order chi connectivity index (χ1) is 9.06. The van der Waals surface area contributed by atoms with E-state index in [9.17, 15) is 14.9 Å². The van der Waals surface area contributed by atoms with E-state index in [2.05, 4.69) is 11.8 Å². The summed E-state index contributed by atoms with van der Waals surface area (Å²) >= 11 is 5.70. The molecule has 5 nitrogen and oxygen atoms in total. The molecule has 1 aromatic carbocycles. The van der Waals surface area contributed by atoms with Gasteiger partial charge in [0.05, 0.1) is 6.07 Å². The van der Waals surface area contributed by atoms with E-state index in [0.717, 1.165) is 0 Å². The van der Waals surface area contributed by atoms with Crippen LogP contribution < -0.4 is 0 Å². The van der Waals surface area contributed by atoms with E-state index in [1.54, 1.807) is 24.3 Å². The van der Waals surface area contributed by atoms with Gasteiger partial charge >= 0.3 is 5.88 Å². The van der Waals surface area contributed by atoms with E-state index < -0.39 is 16.6 Å². The lowest BCUT2D eigenvalue weighted by atomic mass is 10.1. The lowest BCUT2D eigenvalue weighted by Gasteiger charge is -1.92. The lowest BCUT2D eigenvalue weighted by Crippen LogP contribution is -1.93. The number of hydrogen-bond donors (Lipinski definition) is 0. The molecule has 2 rings (SSSR count). The topological polar surface area (TPSA) is 73.3 Å². The normalized spacial score (nSPS) is 9.53. The van der Waals surface area contributed by atoms with Crippen molar-refractivity contribution in [2.45, 2.75) is 0 Å². The van der Waals surface area contributed by atoms with Crippen molar-refractivity contribution in [3.8, 4) is 11.8 Å². The van der Waals surface area contributed by atoms with Gasteiger partial charge in [-0.05, 0) is 36.1 Å². The molecule has 1 heterocycles. The first-order valence-corrected chi connectivity index (χ1v) is 5.50. The Morgan fingerprint density at radius 1 is 1.21 bits per heavy atom. The molecule has 0 atom stereocenters. The van der Waals surface area contributed by atoms with Crippen LogP contribution in [-0.2, 0) is 0 Å². The van der Waals surface area contributed by atoms with Crippen LogP contribution in [-0.4, -0.2) is 10.7 Å². The minimum Gasteiger partial charge on any atom is -0.392 e. The number of halogens is 1. The summed E-state index contributed by atoms with van der Waals surface area (Å²) in [7, 11) is 0. The molecule has 94 valence electrons. The van der Waals surface area contributed by atoms with Crippen LogP contribution in [0.15, 0.2) is 40.8 Å². The molecule has 0 radical (unpaired) electrons. The van der Waals surface area contributed by atoms with Gasteiger partial charge in [-0.15, -0.1) is 0 Å². The van der Waals surface area contributed by atoms with Gasteiger partial charge in [-0.25, -0.2) is 0 Å². The van der Waals surface area contributed by atoms with Crippen LogP contribution in [0.25, 0.3) is 0 Å². The van der Waals surface area contributed by atoms with E-state index in [4.69, 9.17) is 16.0 Å². The second kappa shape index (κ2) is 5.38. The second-order valence-corrected chi connectivity index (χ2v) is 3.92. The fraction of sp³-hybridized carbons (Fsp3) is 0. The van der Waals surface area contributed by atoms with Crippen molar-refractivity contribution in [2.24, 2.45) is 0 Å². The Balaban J connectivity index is 2.16. The van der Waals surface area contributed by atoms with Crippen LogP contribution in [0.2, 0.25) is 5.02 Å². The van der Waals surface area contributed by atoms with Crippen LogP contribution in [0.5, 0.6) is 0 Å². The highest BCUT2D eigenvalue weighted by Gasteiger charge is 2.10. The molecule has 6 heteroatoms. The molecule has 0 spiro atoms. The van der Waals surface area contributed by atoms with Crippen LogP contribution >= 0.6 is 11.6 Å². The van der Waals surface area contributed by atoms with Crippen molar-refractivity contribution in [3.05, 3.63) is 62.9 Å². The van der Waals surface area contributed by atoms with Gasteiger partial charge in [0.2, 0.25) is 5.78 Å². The van der Waals surface area contributed by atoms with Crippen molar-refractivity contribution in [1.82, 2.24) is 0 Å². The third-order valence-electron chi connectivity index (χ3n) is 2.18. The number of Topliss-reactive ketones (excluding diaryl/α,β-unsaturated/α-hetero) is 1. The van der Waals surface area contributed by atoms with E-state index >= 15 is 0 Å². The summed E-state index contributed by atoms with van der Waals surface area (Å²) in [4.78, 5) is 21.4. The second-order valence-electron chi connectivity index (χ2n) is 3.48. The quantitative estimate of drug-likeness (QED) is 0.365. The fourth-order valence-corrected chi connectivity index (χ4v) is 1.41. The number of ketones is 1. The van der Waals surface area contributed by atoms with E-state index in [0.29, 0.717) is 10.6 Å². The Labute approximate surface area is 112 Å². The van der Waals surface area contributed by atoms with Gasteiger partial charge in [0.25, 0.3) is 0 Å². The average molecular weight is 276 g/mol. The molecule has 0 bridgehead atoms. The SMILES string of the molecule is O=C(C#Cc1ccc([N+](=O)[O-])o1)c1ccc(Cl)cc1. The molecule has 0 aliphatic heterocycles. The van der Waals surface area contributed by atoms with Crippen molar-refractivity contribution in [3.63, 3.8) is 0 Å². The Hall–Kier alpha value is -2.58. The summed E-state index contributed by atoms with van der Waals surface area (Å²) in [5.41, 5.74) is 0.387. The predicted octanol–water partition coefficient (Wildman–Crippen LogP) is 3.08. The van der Waals surface area contributed by atoms with Crippen molar-refractivity contribution < 1.29 is 14.1 Å². The third-order valence-corrected chi connectivity index (χ3v) is 2.43. The maximum Gasteiger partial charge on any atom is 0.434 e. The number of rotatable bonds is 2. The Morgan fingerprint density at radius 3 is 2.47 bits per heavy atom. The third kappa shape index (κ3) is 3.21. The fourth-order valence-electron chi connectivity index (χ4n) is 1.28. The molecule has 19 heavy (non-hydrogen) atoms. The average Bonchev–Trinajstić information content (AvgIpc) is 2.86. The van der Waals surface area contributed by atoms with E-state index in [1.165, 1.54) is 12.1 Å². The molecule has 1 aromatic heterocycles. The molecule has 2 aromatic rings.